The highest BCUT2D eigenvalue weighted by molar-refractivity contribution is 7.89. The number of nitrogens with zero attached hydrogens (tertiary/aromatic N) is 3. The van der Waals surface area contributed by atoms with Crippen LogP contribution in [0.4, 0.5) is 18.9 Å². The van der Waals surface area contributed by atoms with Gasteiger partial charge in [-0.3, -0.25) is 9.59 Å². The van der Waals surface area contributed by atoms with Crippen LogP contribution in [0.1, 0.15) is 12.0 Å². The fourth-order valence-corrected chi connectivity index (χ4v) is 5.59. The lowest BCUT2D eigenvalue weighted by Gasteiger charge is -2.35. The van der Waals surface area contributed by atoms with E-state index in [1.807, 2.05) is 18.2 Å². The molecule has 0 N–H and O–H groups in total. The Kier molecular flexibility index (Phi) is 6.19. The van der Waals surface area contributed by atoms with Gasteiger partial charge in [-0.05, 0) is 30.3 Å². The third kappa shape index (κ3) is 4.74. The molecule has 2 amide bonds. The zero-order valence-corrected chi connectivity index (χ0v) is 18.3. The summed E-state index contributed by atoms with van der Waals surface area (Å²) in [7, 11) is -4.13. The van der Waals surface area contributed by atoms with E-state index in [-0.39, 0.29) is 51.0 Å². The molecule has 2 aromatic rings. The summed E-state index contributed by atoms with van der Waals surface area (Å²) < 4.78 is 65.7. The van der Waals surface area contributed by atoms with Crippen LogP contribution in [0.3, 0.4) is 0 Å². The van der Waals surface area contributed by atoms with Crippen molar-refractivity contribution < 1.29 is 31.2 Å². The second kappa shape index (κ2) is 8.79. The Morgan fingerprint density at radius 1 is 0.939 bits per heavy atom. The Labute approximate surface area is 189 Å². The number of amides is 2. The number of para-hydroxylation sites is 1. The second-order valence-corrected chi connectivity index (χ2v) is 9.93. The molecule has 1 unspecified atom stereocenters. The minimum atomic E-state index is -4.65. The number of rotatable bonds is 4. The number of alkyl halides is 3. The molecule has 2 heterocycles. The van der Waals surface area contributed by atoms with Gasteiger partial charge in [0.25, 0.3) is 0 Å². The van der Waals surface area contributed by atoms with E-state index >= 15 is 0 Å². The van der Waals surface area contributed by atoms with Gasteiger partial charge in [0.15, 0.2) is 0 Å². The van der Waals surface area contributed by atoms with E-state index in [4.69, 9.17) is 0 Å². The van der Waals surface area contributed by atoms with Gasteiger partial charge in [-0.2, -0.15) is 17.5 Å². The standard InChI is InChI=1S/C22H22F3N3O4S/c23-22(24,25)17-5-4-8-19(14-17)33(31,32)27-11-9-26(10-12-27)21(30)16-13-20(29)28(15-16)18-6-2-1-3-7-18/h1-8,14,16H,9-13,15H2. The highest BCUT2D eigenvalue weighted by atomic mass is 32.2. The number of piperazine rings is 1. The van der Waals surface area contributed by atoms with Gasteiger partial charge >= 0.3 is 6.18 Å². The monoisotopic (exact) mass is 481 g/mol. The molecule has 33 heavy (non-hydrogen) atoms. The number of carbonyl (C=O) groups is 2. The summed E-state index contributed by atoms with van der Waals surface area (Å²) in [4.78, 5) is 28.0. The van der Waals surface area contributed by atoms with Crippen molar-refractivity contribution in [1.29, 1.82) is 0 Å². The number of carbonyl (C=O) groups excluding carboxylic acids is 2. The first-order valence-electron chi connectivity index (χ1n) is 10.4. The van der Waals surface area contributed by atoms with Crippen molar-refractivity contribution >= 4 is 27.5 Å². The van der Waals surface area contributed by atoms with Gasteiger partial charge in [-0.1, -0.05) is 24.3 Å². The van der Waals surface area contributed by atoms with Gasteiger partial charge in [0.2, 0.25) is 21.8 Å². The van der Waals surface area contributed by atoms with Crippen LogP contribution in [-0.4, -0.2) is 62.2 Å². The number of hydrogen-bond acceptors (Lipinski definition) is 4. The molecule has 4 rings (SSSR count). The fraction of sp³-hybridized carbons (Fsp3) is 0.364. The first-order chi connectivity index (χ1) is 15.6. The molecule has 0 aliphatic carbocycles. The SMILES string of the molecule is O=C(C1CC(=O)N(c2ccccc2)C1)N1CCN(S(=O)(=O)c2cccc(C(F)(F)F)c2)CC1. The topological polar surface area (TPSA) is 78.0 Å². The first kappa shape index (κ1) is 23.2. The predicted molar refractivity (Wildman–Crippen MR) is 114 cm³/mol. The summed E-state index contributed by atoms with van der Waals surface area (Å²) in [6.45, 7) is 0.394. The molecular formula is C22H22F3N3O4S. The van der Waals surface area contributed by atoms with Crippen molar-refractivity contribution in [1.82, 2.24) is 9.21 Å². The molecule has 0 radical (unpaired) electrons. The Hall–Kier alpha value is -2.92. The molecule has 11 heteroatoms. The van der Waals surface area contributed by atoms with E-state index in [0.29, 0.717) is 6.07 Å². The molecule has 2 saturated heterocycles. The van der Waals surface area contributed by atoms with E-state index < -0.39 is 32.6 Å². The van der Waals surface area contributed by atoms with Gasteiger partial charge in [0.1, 0.15) is 0 Å². The van der Waals surface area contributed by atoms with Crippen molar-refractivity contribution in [2.24, 2.45) is 5.92 Å². The Balaban J connectivity index is 1.40. The number of halogens is 3. The molecule has 2 fully saturated rings. The van der Waals surface area contributed by atoms with Gasteiger partial charge < -0.3 is 9.80 Å². The van der Waals surface area contributed by atoms with E-state index in [1.54, 1.807) is 17.0 Å². The van der Waals surface area contributed by atoms with E-state index in [1.165, 1.54) is 4.90 Å². The van der Waals surface area contributed by atoms with Gasteiger partial charge in [-0.15, -0.1) is 0 Å². The molecular weight excluding hydrogens is 459 g/mol. The van der Waals surface area contributed by atoms with E-state index in [2.05, 4.69) is 0 Å². The third-order valence-corrected chi connectivity index (χ3v) is 7.79. The highest BCUT2D eigenvalue weighted by Crippen LogP contribution is 2.31. The maximum absolute atomic E-state index is 13.0. The zero-order valence-electron chi connectivity index (χ0n) is 17.5. The summed E-state index contributed by atoms with van der Waals surface area (Å²) in [6, 6.07) is 12.7. The molecule has 7 nitrogen and oxygen atoms in total. The smallest absolute Gasteiger partial charge is 0.340 e. The summed E-state index contributed by atoms with van der Waals surface area (Å²) in [5.74, 6) is -0.896. The number of benzene rings is 2. The molecule has 176 valence electrons. The summed E-state index contributed by atoms with van der Waals surface area (Å²) in [5, 5.41) is 0. The maximum atomic E-state index is 13.0. The van der Waals surface area contributed by atoms with Crippen LogP contribution in [0.25, 0.3) is 0 Å². The molecule has 2 aliphatic rings. The van der Waals surface area contributed by atoms with Gasteiger partial charge in [-0.25, -0.2) is 8.42 Å². The lowest BCUT2D eigenvalue weighted by Crippen LogP contribution is -2.52. The molecule has 2 aliphatic heterocycles. The van der Waals surface area contributed by atoms with Crippen LogP contribution < -0.4 is 4.90 Å². The molecule has 0 saturated carbocycles. The molecule has 0 bridgehead atoms. The highest BCUT2D eigenvalue weighted by Gasteiger charge is 2.39. The van der Waals surface area contributed by atoms with Crippen molar-refractivity contribution in [2.45, 2.75) is 17.5 Å². The fourth-order valence-electron chi connectivity index (χ4n) is 4.12. The van der Waals surface area contributed by atoms with Crippen LogP contribution in [0, 0.1) is 5.92 Å². The Bertz CT molecular complexity index is 1150. The van der Waals surface area contributed by atoms with Gasteiger partial charge in [0.05, 0.1) is 16.4 Å². The van der Waals surface area contributed by atoms with E-state index in [0.717, 1.165) is 28.2 Å². The molecule has 2 aromatic carbocycles. The summed E-state index contributed by atoms with van der Waals surface area (Å²) in [6.07, 6.45) is -4.57. The second-order valence-electron chi connectivity index (χ2n) is 8.00. The van der Waals surface area contributed by atoms with Crippen molar-refractivity contribution in [2.75, 3.05) is 37.6 Å². The average Bonchev–Trinajstić information content (AvgIpc) is 3.20. The Morgan fingerprint density at radius 2 is 1.61 bits per heavy atom. The largest absolute Gasteiger partial charge is 0.416 e. The van der Waals surface area contributed by atoms with Crippen LogP contribution in [0.15, 0.2) is 59.5 Å². The minimum Gasteiger partial charge on any atom is -0.340 e. The van der Waals surface area contributed by atoms with E-state index in [9.17, 15) is 31.2 Å². The number of hydrogen-bond donors (Lipinski definition) is 0. The van der Waals surface area contributed by atoms with Crippen LogP contribution in [-0.2, 0) is 25.8 Å². The number of sulfonamides is 1. The van der Waals surface area contributed by atoms with Crippen LogP contribution >= 0.6 is 0 Å². The maximum Gasteiger partial charge on any atom is 0.416 e. The molecule has 1 atom stereocenters. The van der Waals surface area contributed by atoms with Crippen molar-refractivity contribution in [3.63, 3.8) is 0 Å². The lowest BCUT2D eigenvalue weighted by atomic mass is 10.1. The quantitative estimate of drug-likeness (QED) is 0.673. The van der Waals surface area contributed by atoms with Crippen LogP contribution in [0.5, 0.6) is 0 Å². The van der Waals surface area contributed by atoms with Crippen molar-refractivity contribution in [3.05, 3.63) is 60.2 Å². The third-order valence-electron chi connectivity index (χ3n) is 5.89. The predicted octanol–water partition coefficient (Wildman–Crippen LogP) is 2.59. The summed E-state index contributed by atoms with van der Waals surface area (Å²) in [5.41, 5.74) is -0.318. The lowest BCUT2D eigenvalue weighted by molar-refractivity contribution is -0.138. The minimum absolute atomic E-state index is 0.0343. The molecule has 0 spiro atoms. The average molecular weight is 481 g/mol. The first-order valence-corrected chi connectivity index (χ1v) is 11.8. The zero-order chi connectivity index (χ0) is 23.8. The Morgan fingerprint density at radius 3 is 2.24 bits per heavy atom. The number of anilines is 1. The summed E-state index contributed by atoms with van der Waals surface area (Å²) >= 11 is 0. The van der Waals surface area contributed by atoms with Crippen molar-refractivity contribution in [3.8, 4) is 0 Å². The van der Waals surface area contributed by atoms with Gasteiger partial charge in [0, 0.05) is 44.8 Å². The van der Waals surface area contributed by atoms with Crippen LogP contribution in [0.2, 0.25) is 0 Å². The normalized spacial score (nSPS) is 20.3. The molecule has 0 aromatic heterocycles.